The van der Waals surface area contributed by atoms with Crippen LogP contribution in [0.1, 0.15) is 28.8 Å². The maximum absolute atomic E-state index is 13.2. The Morgan fingerprint density at radius 1 is 1.25 bits per heavy atom. The molecule has 0 aliphatic carbocycles. The van der Waals surface area contributed by atoms with Crippen molar-refractivity contribution in [2.24, 2.45) is 5.92 Å². The molecule has 2 atom stereocenters. The van der Waals surface area contributed by atoms with E-state index in [4.69, 9.17) is 0 Å². The van der Waals surface area contributed by atoms with Gasteiger partial charge in [0.2, 0.25) is 0 Å². The van der Waals surface area contributed by atoms with Crippen molar-refractivity contribution >= 4 is 5.91 Å². The number of piperidine rings is 1. The van der Waals surface area contributed by atoms with Gasteiger partial charge in [-0.2, -0.15) is 0 Å². The zero-order valence-electron chi connectivity index (χ0n) is 12.1. The molecule has 3 heterocycles. The molecule has 1 aromatic rings. The minimum absolute atomic E-state index is 0.0625. The molecule has 3 saturated heterocycles. The first-order chi connectivity index (χ1) is 9.54. The number of nitrogens with zero attached hydrogens (tertiary/aromatic N) is 2. The van der Waals surface area contributed by atoms with Gasteiger partial charge in [-0.15, -0.1) is 0 Å². The van der Waals surface area contributed by atoms with Crippen LogP contribution in [0.3, 0.4) is 0 Å². The zero-order chi connectivity index (χ0) is 14.3. The number of benzene rings is 1. The van der Waals surface area contributed by atoms with Crippen LogP contribution in [0.2, 0.25) is 0 Å². The molecule has 0 unspecified atom stereocenters. The van der Waals surface area contributed by atoms with E-state index in [9.17, 15) is 9.18 Å². The second-order valence-electron chi connectivity index (χ2n) is 6.24. The maximum atomic E-state index is 13.2. The molecule has 3 fully saturated rings. The van der Waals surface area contributed by atoms with Crippen molar-refractivity contribution in [3.63, 3.8) is 0 Å². The van der Waals surface area contributed by atoms with Gasteiger partial charge >= 0.3 is 0 Å². The lowest BCUT2D eigenvalue weighted by molar-refractivity contribution is 0.0586. The highest BCUT2D eigenvalue weighted by atomic mass is 19.1. The summed E-state index contributed by atoms with van der Waals surface area (Å²) < 4.78 is 13.2. The number of likely N-dealkylation sites (N-methyl/N-ethyl adjacent to an activating group) is 1. The molecule has 0 aromatic heterocycles. The molecule has 3 aliphatic rings. The van der Waals surface area contributed by atoms with E-state index in [2.05, 4.69) is 11.9 Å². The molecule has 0 radical (unpaired) electrons. The average Bonchev–Trinajstić information content (AvgIpc) is 2.66. The normalized spacial score (nSPS) is 26.6. The van der Waals surface area contributed by atoms with Crippen LogP contribution in [-0.4, -0.2) is 48.4 Å². The van der Waals surface area contributed by atoms with E-state index in [0.717, 1.165) is 31.6 Å². The van der Waals surface area contributed by atoms with Crippen molar-refractivity contribution in [3.05, 3.63) is 35.1 Å². The van der Waals surface area contributed by atoms with Crippen LogP contribution < -0.4 is 0 Å². The summed E-state index contributed by atoms with van der Waals surface area (Å²) >= 11 is 0. The SMILES string of the molecule is Cc1cc(F)ccc1C(=O)N1C[C@H]2CC[C@@H]1CN(C)C2. The van der Waals surface area contributed by atoms with Gasteiger partial charge in [-0.3, -0.25) is 4.79 Å². The van der Waals surface area contributed by atoms with Crippen molar-refractivity contribution in [1.29, 1.82) is 0 Å². The van der Waals surface area contributed by atoms with Gasteiger partial charge in [-0.05, 0) is 56.5 Å². The van der Waals surface area contributed by atoms with Crippen LogP contribution in [0, 0.1) is 18.7 Å². The number of amides is 1. The van der Waals surface area contributed by atoms with Gasteiger partial charge in [0.1, 0.15) is 5.82 Å². The minimum atomic E-state index is -0.281. The molecule has 20 heavy (non-hydrogen) atoms. The molecule has 3 aliphatic heterocycles. The third-order valence-corrected chi connectivity index (χ3v) is 4.58. The summed E-state index contributed by atoms with van der Waals surface area (Å²) in [7, 11) is 2.13. The number of carbonyl (C=O) groups is 1. The zero-order valence-corrected chi connectivity index (χ0v) is 12.1. The molecule has 0 saturated carbocycles. The van der Waals surface area contributed by atoms with E-state index in [-0.39, 0.29) is 11.7 Å². The lowest BCUT2D eigenvalue weighted by Gasteiger charge is -2.36. The van der Waals surface area contributed by atoms with Gasteiger partial charge in [0.05, 0.1) is 0 Å². The number of aryl methyl sites for hydroxylation is 1. The Hall–Kier alpha value is -1.42. The van der Waals surface area contributed by atoms with Crippen LogP contribution >= 0.6 is 0 Å². The van der Waals surface area contributed by atoms with Crippen molar-refractivity contribution < 1.29 is 9.18 Å². The topological polar surface area (TPSA) is 23.6 Å². The van der Waals surface area contributed by atoms with Crippen LogP contribution in [0.5, 0.6) is 0 Å². The molecule has 0 spiro atoms. The van der Waals surface area contributed by atoms with Gasteiger partial charge in [-0.1, -0.05) is 0 Å². The van der Waals surface area contributed by atoms with E-state index in [1.807, 2.05) is 4.90 Å². The van der Waals surface area contributed by atoms with Gasteiger partial charge in [0, 0.05) is 31.2 Å². The molecule has 2 bridgehead atoms. The molecule has 0 N–H and O–H groups in total. The number of fused-ring (bicyclic) bond motifs is 4. The Bertz CT molecular complexity index is 531. The van der Waals surface area contributed by atoms with Crippen molar-refractivity contribution in [2.45, 2.75) is 25.8 Å². The Labute approximate surface area is 119 Å². The maximum Gasteiger partial charge on any atom is 0.254 e. The fourth-order valence-electron chi connectivity index (χ4n) is 3.59. The molecular formula is C16H21FN2O. The molecule has 4 rings (SSSR count). The predicted octanol–water partition coefficient (Wildman–Crippen LogP) is 2.30. The summed E-state index contributed by atoms with van der Waals surface area (Å²) in [5, 5.41) is 0. The van der Waals surface area contributed by atoms with E-state index in [0.29, 0.717) is 17.5 Å². The highest BCUT2D eigenvalue weighted by Crippen LogP contribution is 2.29. The van der Waals surface area contributed by atoms with E-state index in [1.54, 1.807) is 13.0 Å². The van der Waals surface area contributed by atoms with E-state index < -0.39 is 0 Å². The summed E-state index contributed by atoms with van der Waals surface area (Å²) in [5.74, 6) is 0.354. The number of hydrogen-bond acceptors (Lipinski definition) is 2. The van der Waals surface area contributed by atoms with Gasteiger partial charge in [0.25, 0.3) is 5.91 Å². The van der Waals surface area contributed by atoms with Crippen LogP contribution in [0.15, 0.2) is 18.2 Å². The highest BCUT2D eigenvalue weighted by Gasteiger charge is 2.36. The van der Waals surface area contributed by atoms with Crippen molar-refractivity contribution in [1.82, 2.24) is 9.80 Å². The summed E-state index contributed by atoms with van der Waals surface area (Å²) in [6.07, 6.45) is 2.29. The third-order valence-electron chi connectivity index (χ3n) is 4.58. The lowest BCUT2D eigenvalue weighted by Crippen LogP contribution is -2.47. The standard InChI is InChI=1S/C16H21FN2O/c1-11-7-13(17)4-6-15(11)16(20)19-9-12-3-5-14(19)10-18(2)8-12/h4,6-7,12,14H,3,5,8-10H2,1-2H3/t12-,14+/m0/s1. The second kappa shape index (κ2) is 5.17. The van der Waals surface area contributed by atoms with Gasteiger partial charge in [-0.25, -0.2) is 4.39 Å². The van der Waals surface area contributed by atoms with Crippen molar-refractivity contribution in [3.8, 4) is 0 Å². The fraction of sp³-hybridized carbons (Fsp3) is 0.562. The van der Waals surface area contributed by atoms with Gasteiger partial charge < -0.3 is 9.80 Å². The first-order valence-electron chi connectivity index (χ1n) is 7.30. The Kier molecular flexibility index (Phi) is 3.50. The predicted molar refractivity (Wildman–Crippen MR) is 76.2 cm³/mol. The Balaban J connectivity index is 1.87. The highest BCUT2D eigenvalue weighted by molar-refractivity contribution is 5.96. The Morgan fingerprint density at radius 3 is 2.80 bits per heavy atom. The van der Waals surface area contributed by atoms with Crippen LogP contribution in [-0.2, 0) is 0 Å². The van der Waals surface area contributed by atoms with E-state index in [1.165, 1.54) is 18.6 Å². The summed E-state index contributed by atoms with van der Waals surface area (Å²) in [4.78, 5) is 17.1. The van der Waals surface area contributed by atoms with Gasteiger partial charge in [0.15, 0.2) is 0 Å². The number of carbonyl (C=O) groups excluding carboxylic acids is 1. The first kappa shape index (κ1) is 13.6. The molecular weight excluding hydrogens is 255 g/mol. The number of halogens is 1. The quantitative estimate of drug-likeness (QED) is 0.786. The average molecular weight is 276 g/mol. The summed E-state index contributed by atoms with van der Waals surface area (Å²) in [6.45, 7) is 4.66. The largest absolute Gasteiger partial charge is 0.334 e. The number of rotatable bonds is 1. The summed E-state index contributed by atoms with van der Waals surface area (Å²) in [5.41, 5.74) is 1.37. The van der Waals surface area contributed by atoms with Crippen molar-refractivity contribution in [2.75, 3.05) is 26.7 Å². The molecule has 4 heteroatoms. The Morgan fingerprint density at radius 2 is 2.05 bits per heavy atom. The smallest absolute Gasteiger partial charge is 0.254 e. The second-order valence-corrected chi connectivity index (χ2v) is 6.24. The lowest BCUT2D eigenvalue weighted by atomic mass is 9.94. The van der Waals surface area contributed by atoms with Crippen LogP contribution in [0.25, 0.3) is 0 Å². The monoisotopic (exact) mass is 276 g/mol. The molecule has 108 valence electrons. The first-order valence-corrected chi connectivity index (χ1v) is 7.30. The fourth-order valence-corrected chi connectivity index (χ4v) is 3.59. The van der Waals surface area contributed by atoms with Crippen LogP contribution in [0.4, 0.5) is 4.39 Å². The van der Waals surface area contributed by atoms with E-state index >= 15 is 0 Å². The molecule has 1 amide bonds. The summed E-state index contributed by atoms with van der Waals surface area (Å²) in [6, 6.07) is 4.74. The molecule has 3 nitrogen and oxygen atoms in total. The third kappa shape index (κ3) is 2.44. The number of hydrogen-bond donors (Lipinski definition) is 0. The minimum Gasteiger partial charge on any atom is -0.334 e. The molecule has 1 aromatic carbocycles.